The molecule has 3 saturated carbocycles. The maximum absolute atomic E-state index is 13.0. The summed E-state index contributed by atoms with van der Waals surface area (Å²) in [6.45, 7) is 3.89. The van der Waals surface area contributed by atoms with Crippen molar-refractivity contribution in [3.05, 3.63) is 11.6 Å². The molecule has 2 heterocycles. The maximum atomic E-state index is 13.0. The van der Waals surface area contributed by atoms with Crippen molar-refractivity contribution in [3.63, 3.8) is 0 Å². The second-order valence-corrected chi connectivity index (χ2v) is 12.7. The average Bonchev–Trinajstić information content (AvgIpc) is 3.32. The first-order chi connectivity index (χ1) is 17.6. The average molecular weight is 515 g/mol. The zero-order valence-electron chi connectivity index (χ0n) is 22.3. The number of aliphatic hydroxyl groups is 3. The van der Waals surface area contributed by atoms with Crippen LogP contribution in [0.3, 0.4) is 0 Å². The fraction of sp³-hybridized carbons (Fsp3) is 0.800. The van der Waals surface area contributed by atoms with Gasteiger partial charge in [0.05, 0.1) is 35.6 Å². The molecule has 0 radical (unpaired) electrons. The summed E-state index contributed by atoms with van der Waals surface area (Å²) in [7, 11) is 0. The van der Waals surface area contributed by atoms with E-state index in [-0.39, 0.29) is 36.8 Å². The third-order valence-corrected chi connectivity index (χ3v) is 10.9. The molecular weight excluding hydrogens is 472 g/mol. The van der Waals surface area contributed by atoms with Crippen LogP contribution in [0.1, 0.15) is 90.9 Å². The zero-order chi connectivity index (χ0) is 26.5. The summed E-state index contributed by atoms with van der Waals surface area (Å²) in [4.78, 5) is 24.6. The van der Waals surface area contributed by atoms with Crippen LogP contribution in [-0.2, 0) is 19.1 Å². The lowest BCUT2D eigenvalue weighted by Gasteiger charge is -2.70. The van der Waals surface area contributed by atoms with Crippen LogP contribution in [0.5, 0.6) is 0 Å². The van der Waals surface area contributed by atoms with Crippen LogP contribution in [0, 0.1) is 39.9 Å². The Bertz CT molecular complexity index is 1020. The minimum Gasteiger partial charge on any atom is -0.462 e. The molecule has 5 aliphatic rings. The van der Waals surface area contributed by atoms with Crippen molar-refractivity contribution < 1.29 is 34.4 Å². The first kappa shape index (κ1) is 26.7. The molecule has 0 saturated heterocycles. The third kappa shape index (κ3) is 4.06. The number of cyclic esters (lactones) is 1. The third-order valence-electron chi connectivity index (χ3n) is 10.9. The van der Waals surface area contributed by atoms with Crippen molar-refractivity contribution in [2.75, 3.05) is 13.2 Å². The minimum atomic E-state index is -1.58. The molecule has 7 heteroatoms. The van der Waals surface area contributed by atoms with E-state index < -0.39 is 41.2 Å². The fourth-order valence-electron chi connectivity index (χ4n) is 9.03. The predicted molar refractivity (Wildman–Crippen MR) is 136 cm³/mol. The minimum absolute atomic E-state index is 0.186. The molecule has 5 rings (SSSR count). The van der Waals surface area contributed by atoms with Crippen LogP contribution in [0.25, 0.3) is 0 Å². The Morgan fingerprint density at radius 1 is 1.14 bits per heavy atom. The van der Waals surface area contributed by atoms with E-state index in [2.05, 4.69) is 18.8 Å². The Kier molecular flexibility index (Phi) is 7.00. The van der Waals surface area contributed by atoms with E-state index in [1.807, 2.05) is 6.92 Å². The Hall–Kier alpha value is -1.88. The first-order valence-electron chi connectivity index (χ1n) is 14.2. The number of carbonyl (C=O) groups is 2. The molecule has 7 nitrogen and oxygen atoms in total. The lowest BCUT2D eigenvalue weighted by molar-refractivity contribution is -0.320. The standard InChI is InChI=1S/C30H42O7/c1-27-13-7-6-10-24(33)37-22(17-27)26-28(2,21-8-4-3-5-9-21)14-12-23(32)29(26,19-31)30(27,35)15-11-20-16-25(34)36-18-20/h16,21-23,26,31-32,35H,3-6,8-12,14-15,17-19H2,1-2H3. The molecule has 7 atom stereocenters. The Morgan fingerprint density at radius 2 is 1.89 bits per heavy atom. The molecule has 7 unspecified atom stereocenters. The lowest BCUT2D eigenvalue weighted by atomic mass is 9.36. The van der Waals surface area contributed by atoms with E-state index >= 15 is 0 Å². The molecule has 0 aromatic rings. The van der Waals surface area contributed by atoms with Gasteiger partial charge in [-0.25, -0.2) is 4.79 Å². The van der Waals surface area contributed by atoms with Crippen molar-refractivity contribution in [1.82, 2.24) is 0 Å². The highest BCUT2D eigenvalue weighted by Gasteiger charge is 2.75. The Labute approximate surface area is 220 Å². The van der Waals surface area contributed by atoms with Gasteiger partial charge in [-0.2, -0.15) is 0 Å². The second kappa shape index (κ2) is 9.70. The van der Waals surface area contributed by atoms with Gasteiger partial charge in [-0.05, 0) is 62.4 Å². The van der Waals surface area contributed by atoms with E-state index in [1.54, 1.807) is 0 Å². The Morgan fingerprint density at radius 3 is 2.57 bits per heavy atom. The van der Waals surface area contributed by atoms with Gasteiger partial charge in [0.2, 0.25) is 0 Å². The van der Waals surface area contributed by atoms with Crippen LogP contribution in [-0.4, -0.2) is 58.3 Å². The number of fused-ring (bicyclic) bond motifs is 4. The number of esters is 2. The lowest BCUT2D eigenvalue weighted by Crippen LogP contribution is -2.77. The van der Waals surface area contributed by atoms with Gasteiger partial charge in [0.25, 0.3) is 0 Å². The molecule has 2 bridgehead atoms. The van der Waals surface area contributed by atoms with E-state index in [4.69, 9.17) is 9.47 Å². The zero-order valence-corrected chi connectivity index (χ0v) is 22.3. The van der Waals surface area contributed by atoms with Crippen molar-refractivity contribution >= 4 is 11.9 Å². The van der Waals surface area contributed by atoms with Crippen molar-refractivity contribution in [3.8, 4) is 11.8 Å². The first-order valence-corrected chi connectivity index (χ1v) is 14.2. The monoisotopic (exact) mass is 514 g/mol. The molecule has 3 N–H and O–H groups in total. The molecule has 0 aromatic carbocycles. The topological polar surface area (TPSA) is 113 Å². The molecule has 0 aromatic heterocycles. The smallest absolute Gasteiger partial charge is 0.331 e. The molecule has 3 fully saturated rings. The van der Waals surface area contributed by atoms with Crippen LogP contribution >= 0.6 is 0 Å². The van der Waals surface area contributed by atoms with Gasteiger partial charge in [-0.3, -0.25) is 4.79 Å². The summed E-state index contributed by atoms with van der Waals surface area (Å²) in [6.07, 6.45) is 8.24. The van der Waals surface area contributed by atoms with E-state index in [0.29, 0.717) is 31.6 Å². The molecule has 0 spiro atoms. The molecular formula is C30H42O7. The summed E-state index contributed by atoms with van der Waals surface area (Å²) >= 11 is 0. The summed E-state index contributed by atoms with van der Waals surface area (Å²) in [5.74, 6) is 5.67. The number of aliphatic hydroxyl groups excluding tert-OH is 2. The van der Waals surface area contributed by atoms with Gasteiger partial charge in [-0.15, -0.1) is 5.92 Å². The quantitative estimate of drug-likeness (QED) is 0.380. The highest BCUT2D eigenvalue weighted by atomic mass is 16.5. The van der Waals surface area contributed by atoms with Gasteiger partial charge in [0, 0.05) is 24.8 Å². The number of ether oxygens (including phenoxy) is 2. The van der Waals surface area contributed by atoms with Gasteiger partial charge in [0.15, 0.2) is 0 Å². The SMILES string of the molecule is CC1(C2CCCCC2)CCC(O)C2(CO)C1C1CC(C)(C#CCCC(=O)O1)C2(O)CCC1=CC(=O)OC1. The van der Waals surface area contributed by atoms with Gasteiger partial charge < -0.3 is 24.8 Å². The van der Waals surface area contributed by atoms with Crippen LogP contribution in [0.2, 0.25) is 0 Å². The largest absolute Gasteiger partial charge is 0.462 e. The molecule has 37 heavy (non-hydrogen) atoms. The van der Waals surface area contributed by atoms with Crippen molar-refractivity contribution in [1.29, 1.82) is 0 Å². The highest BCUT2D eigenvalue weighted by Crippen LogP contribution is 2.70. The van der Waals surface area contributed by atoms with Crippen LogP contribution < -0.4 is 0 Å². The number of rotatable bonds is 5. The fourth-order valence-corrected chi connectivity index (χ4v) is 9.03. The van der Waals surface area contributed by atoms with Crippen LogP contribution in [0.15, 0.2) is 11.6 Å². The van der Waals surface area contributed by atoms with Crippen molar-refractivity contribution in [2.45, 2.75) is 109 Å². The number of carbonyl (C=O) groups excluding carboxylic acids is 2. The molecule has 3 aliphatic carbocycles. The number of hydrogen-bond donors (Lipinski definition) is 3. The molecule has 204 valence electrons. The van der Waals surface area contributed by atoms with Gasteiger partial charge in [0.1, 0.15) is 12.7 Å². The highest BCUT2D eigenvalue weighted by molar-refractivity contribution is 5.85. The summed E-state index contributed by atoms with van der Waals surface area (Å²) in [5, 5.41) is 36.1. The van der Waals surface area contributed by atoms with Crippen LogP contribution in [0.4, 0.5) is 0 Å². The van der Waals surface area contributed by atoms with E-state index in [1.165, 1.54) is 12.5 Å². The van der Waals surface area contributed by atoms with E-state index in [0.717, 1.165) is 37.7 Å². The van der Waals surface area contributed by atoms with Gasteiger partial charge >= 0.3 is 11.9 Å². The Balaban J connectivity index is 1.67. The molecule has 2 aliphatic heterocycles. The summed E-state index contributed by atoms with van der Waals surface area (Å²) in [6, 6.07) is 0. The normalized spacial score (nSPS) is 44.2. The summed E-state index contributed by atoms with van der Waals surface area (Å²) in [5.41, 5.74) is -3.48. The van der Waals surface area contributed by atoms with E-state index in [9.17, 15) is 24.9 Å². The van der Waals surface area contributed by atoms with Crippen molar-refractivity contribution in [2.24, 2.45) is 28.1 Å². The maximum Gasteiger partial charge on any atom is 0.331 e. The molecule has 0 amide bonds. The second-order valence-electron chi connectivity index (χ2n) is 12.7. The summed E-state index contributed by atoms with van der Waals surface area (Å²) < 4.78 is 11.3. The van der Waals surface area contributed by atoms with Gasteiger partial charge in [-0.1, -0.05) is 32.1 Å². The number of hydrogen-bond acceptors (Lipinski definition) is 7. The predicted octanol–water partition coefficient (Wildman–Crippen LogP) is 3.44.